The SMILES string of the molecule is COc1cc(-c2ccccc2F)c(C2=C[C@H]3CC[C@]2(C)C3(C)C)cc1COc1cccc([C@H](CC(=O)O)C2CC2)c1. The molecule has 3 aliphatic carbocycles. The molecule has 0 heterocycles. The first-order chi connectivity index (χ1) is 19.6. The van der Waals surface area contributed by atoms with Crippen molar-refractivity contribution >= 4 is 11.5 Å². The first kappa shape index (κ1) is 27.6. The van der Waals surface area contributed by atoms with E-state index in [1.165, 1.54) is 18.1 Å². The first-order valence-corrected chi connectivity index (χ1v) is 14.8. The van der Waals surface area contributed by atoms with E-state index in [-0.39, 0.29) is 35.6 Å². The molecule has 0 spiro atoms. The molecule has 3 atom stereocenters. The second-order valence-corrected chi connectivity index (χ2v) is 12.9. The highest BCUT2D eigenvalue weighted by atomic mass is 19.1. The number of aliphatic carboxylic acids is 1. The maximum absolute atomic E-state index is 15.2. The van der Waals surface area contributed by atoms with E-state index in [9.17, 15) is 9.90 Å². The van der Waals surface area contributed by atoms with Gasteiger partial charge in [0.2, 0.25) is 0 Å². The van der Waals surface area contributed by atoms with Crippen molar-refractivity contribution in [2.24, 2.45) is 22.7 Å². The molecule has 214 valence electrons. The molecular formula is C36H39FO4. The maximum atomic E-state index is 15.2. The molecule has 0 aromatic heterocycles. The number of carboxylic acids is 1. The Morgan fingerprint density at radius 2 is 1.78 bits per heavy atom. The van der Waals surface area contributed by atoms with Crippen LogP contribution in [-0.4, -0.2) is 18.2 Å². The molecule has 4 nitrogen and oxygen atoms in total. The highest BCUT2D eigenvalue weighted by Gasteiger charge is 2.57. The van der Waals surface area contributed by atoms with Crippen LogP contribution in [0.25, 0.3) is 16.7 Å². The minimum Gasteiger partial charge on any atom is -0.496 e. The van der Waals surface area contributed by atoms with E-state index in [1.807, 2.05) is 42.5 Å². The van der Waals surface area contributed by atoms with E-state index < -0.39 is 5.97 Å². The molecule has 5 heteroatoms. The van der Waals surface area contributed by atoms with Gasteiger partial charge in [-0.05, 0) is 107 Å². The van der Waals surface area contributed by atoms with Crippen molar-refractivity contribution in [3.05, 3.63) is 89.2 Å². The Morgan fingerprint density at radius 3 is 2.41 bits per heavy atom. The second kappa shape index (κ2) is 10.3. The third-order valence-corrected chi connectivity index (χ3v) is 10.4. The molecule has 0 radical (unpaired) electrons. The van der Waals surface area contributed by atoms with Crippen LogP contribution in [0.3, 0.4) is 0 Å². The van der Waals surface area contributed by atoms with Gasteiger partial charge in [-0.15, -0.1) is 0 Å². The molecule has 0 amide bonds. The molecule has 6 rings (SSSR count). The highest BCUT2D eigenvalue weighted by molar-refractivity contribution is 5.87. The molecule has 0 unspecified atom stereocenters. The first-order valence-electron chi connectivity index (χ1n) is 14.8. The average Bonchev–Trinajstić information content (AvgIpc) is 3.74. The van der Waals surface area contributed by atoms with E-state index in [2.05, 4.69) is 32.9 Å². The number of carbonyl (C=O) groups is 1. The highest BCUT2D eigenvalue weighted by Crippen LogP contribution is 2.68. The monoisotopic (exact) mass is 554 g/mol. The van der Waals surface area contributed by atoms with Crippen molar-refractivity contribution in [2.45, 2.75) is 65.4 Å². The van der Waals surface area contributed by atoms with Gasteiger partial charge in [-0.3, -0.25) is 4.79 Å². The standard InChI is InChI=1S/C36H39FO4/c1-35(2)25-14-15-36(35,3)31(18-25)30-17-24(33(40-4)19-29(30)27-10-5-6-11-32(27)37)21-41-26-9-7-8-23(16-26)28(20-34(38)39)22-12-13-22/h5-11,16-19,22,25,28H,12-15,20-21H2,1-4H3,(H,38,39)/t25-,28-,36+/m1/s1. The lowest BCUT2D eigenvalue weighted by Crippen LogP contribution is -2.29. The number of ether oxygens (including phenoxy) is 2. The van der Waals surface area contributed by atoms with Gasteiger partial charge in [-0.2, -0.15) is 0 Å². The van der Waals surface area contributed by atoms with Crippen molar-refractivity contribution in [1.82, 2.24) is 0 Å². The zero-order valence-corrected chi connectivity index (χ0v) is 24.4. The Morgan fingerprint density at radius 1 is 1.00 bits per heavy atom. The van der Waals surface area contributed by atoms with Crippen LogP contribution in [0.4, 0.5) is 4.39 Å². The van der Waals surface area contributed by atoms with E-state index in [0.717, 1.165) is 41.5 Å². The summed E-state index contributed by atoms with van der Waals surface area (Å²) >= 11 is 0. The van der Waals surface area contributed by atoms with E-state index >= 15 is 4.39 Å². The number of fused-ring (bicyclic) bond motifs is 2. The number of hydrogen-bond acceptors (Lipinski definition) is 3. The van der Waals surface area contributed by atoms with Gasteiger partial charge in [-0.1, -0.05) is 57.2 Å². The van der Waals surface area contributed by atoms with Gasteiger partial charge in [0.25, 0.3) is 0 Å². The van der Waals surface area contributed by atoms with Gasteiger partial charge in [0.1, 0.15) is 23.9 Å². The molecule has 0 aliphatic heterocycles. The number of benzene rings is 3. The fraction of sp³-hybridized carbons (Fsp3) is 0.417. The predicted octanol–water partition coefficient (Wildman–Crippen LogP) is 8.89. The minimum atomic E-state index is -0.771. The number of halogens is 1. The van der Waals surface area contributed by atoms with Crippen molar-refractivity contribution in [3.63, 3.8) is 0 Å². The number of allylic oxidation sites excluding steroid dienone is 2. The van der Waals surface area contributed by atoms with Crippen LogP contribution in [0.1, 0.15) is 75.5 Å². The lowest BCUT2D eigenvalue weighted by molar-refractivity contribution is -0.137. The maximum Gasteiger partial charge on any atom is 0.303 e. The summed E-state index contributed by atoms with van der Waals surface area (Å²) in [6.45, 7) is 7.35. The quantitative estimate of drug-likeness (QED) is 0.272. The van der Waals surface area contributed by atoms with Crippen LogP contribution in [0, 0.1) is 28.5 Å². The summed E-state index contributed by atoms with van der Waals surface area (Å²) in [6, 6.07) is 18.9. The number of methoxy groups -OCH3 is 1. The van der Waals surface area contributed by atoms with Crippen molar-refractivity contribution in [2.75, 3.05) is 7.11 Å². The van der Waals surface area contributed by atoms with Gasteiger partial charge in [0, 0.05) is 11.1 Å². The van der Waals surface area contributed by atoms with Gasteiger partial charge in [0.05, 0.1) is 13.5 Å². The fourth-order valence-electron chi connectivity index (χ4n) is 7.37. The Hall–Kier alpha value is -3.60. The topological polar surface area (TPSA) is 55.8 Å². The third kappa shape index (κ3) is 4.83. The molecule has 2 fully saturated rings. The Kier molecular flexibility index (Phi) is 6.96. The molecule has 3 aliphatic rings. The van der Waals surface area contributed by atoms with Crippen LogP contribution in [0.2, 0.25) is 0 Å². The van der Waals surface area contributed by atoms with Crippen LogP contribution < -0.4 is 9.47 Å². The molecule has 3 aromatic rings. The average molecular weight is 555 g/mol. The Balaban J connectivity index is 1.37. The van der Waals surface area contributed by atoms with Crippen LogP contribution in [0.15, 0.2) is 66.7 Å². The smallest absolute Gasteiger partial charge is 0.303 e. The van der Waals surface area contributed by atoms with Crippen LogP contribution in [0.5, 0.6) is 11.5 Å². The largest absolute Gasteiger partial charge is 0.496 e. The Labute approximate surface area is 242 Å². The van der Waals surface area contributed by atoms with Crippen molar-refractivity contribution in [1.29, 1.82) is 0 Å². The number of rotatable bonds is 10. The second-order valence-electron chi connectivity index (χ2n) is 12.9. The lowest BCUT2D eigenvalue weighted by Gasteiger charge is -2.38. The molecular weight excluding hydrogens is 515 g/mol. The molecule has 3 aromatic carbocycles. The molecule has 2 bridgehead atoms. The summed E-state index contributed by atoms with van der Waals surface area (Å²) in [5.74, 6) is 1.25. The van der Waals surface area contributed by atoms with Gasteiger partial charge >= 0.3 is 5.97 Å². The van der Waals surface area contributed by atoms with Gasteiger partial charge < -0.3 is 14.6 Å². The summed E-state index contributed by atoms with van der Waals surface area (Å²) in [4.78, 5) is 11.5. The molecule has 41 heavy (non-hydrogen) atoms. The van der Waals surface area contributed by atoms with Crippen molar-refractivity contribution < 1.29 is 23.8 Å². The number of hydrogen-bond donors (Lipinski definition) is 1. The summed E-state index contributed by atoms with van der Waals surface area (Å²) < 4.78 is 27.4. The van der Waals surface area contributed by atoms with E-state index in [4.69, 9.17) is 9.47 Å². The van der Waals surface area contributed by atoms with Crippen LogP contribution >= 0.6 is 0 Å². The third-order valence-electron chi connectivity index (χ3n) is 10.4. The Bertz CT molecular complexity index is 1520. The fourth-order valence-corrected chi connectivity index (χ4v) is 7.37. The number of carboxylic acid groups (broad SMARTS) is 1. The van der Waals surface area contributed by atoms with Crippen molar-refractivity contribution in [3.8, 4) is 22.6 Å². The minimum absolute atomic E-state index is 0.00562. The zero-order chi connectivity index (χ0) is 28.9. The molecule has 0 saturated heterocycles. The molecule has 2 saturated carbocycles. The van der Waals surface area contributed by atoms with E-state index in [1.54, 1.807) is 13.2 Å². The summed E-state index contributed by atoms with van der Waals surface area (Å²) in [5, 5.41) is 9.46. The van der Waals surface area contributed by atoms with Crippen LogP contribution in [-0.2, 0) is 11.4 Å². The zero-order valence-electron chi connectivity index (χ0n) is 24.4. The summed E-state index contributed by atoms with van der Waals surface area (Å²) in [7, 11) is 1.64. The van der Waals surface area contributed by atoms with Gasteiger partial charge in [0.15, 0.2) is 0 Å². The predicted molar refractivity (Wildman–Crippen MR) is 159 cm³/mol. The van der Waals surface area contributed by atoms with E-state index in [0.29, 0.717) is 28.9 Å². The summed E-state index contributed by atoms with van der Waals surface area (Å²) in [5.41, 5.74) is 5.73. The molecule has 1 N–H and O–H groups in total. The summed E-state index contributed by atoms with van der Waals surface area (Å²) in [6.07, 6.45) is 6.98. The lowest BCUT2D eigenvalue weighted by atomic mass is 9.65. The normalized spacial score (nSPS) is 23.2. The van der Waals surface area contributed by atoms with Gasteiger partial charge in [-0.25, -0.2) is 4.39 Å².